The van der Waals surface area contributed by atoms with Gasteiger partial charge in [-0.3, -0.25) is 9.78 Å². The lowest BCUT2D eigenvalue weighted by Gasteiger charge is -2.37. The summed E-state index contributed by atoms with van der Waals surface area (Å²) >= 11 is 0. The number of rotatable bonds is 3. The zero-order valence-electron chi connectivity index (χ0n) is 11.5. The molecule has 1 aliphatic heterocycles. The minimum atomic E-state index is 0. The van der Waals surface area contributed by atoms with Gasteiger partial charge in [-0.25, -0.2) is 0 Å². The molecule has 1 fully saturated rings. The van der Waals surface area contributed by atoms with Crippen LogP contribution in [0.2, 0.25) is 0 Å². The van der Waals surface area contributed by atoms with Gasteiger partial charge in [0.05, 0.1) is 0 Å². The van der Waals surface area contributed by atoms with Crippen molar-refractivity contribution in [2.24, 2.45) is 0 Å². The summed E-state index contributed by atoms with van der Waals surface area (Å²) in [7, 11) is 0. The van der Waals surface area contributed by atoms with E-state index in [1.807, 2.05) is 23.1 Å². The molecule has 1 N–H and O–H groups in total. The molecule has 2 heterocycles. The van der Waals surface area contributed by atoms with Crippen molar-refractivity contribution in [2.45, 2.75) is 38.8 Å². The Hall–Kier alpha value is -1.13. The SMILES string of the molecule is CC1CN(C(=O)CCc2ccccn2)C(C)CN1.Cl. The molecule has 0 aliphatic carbocycles. The number of hydrogen-bond donors (Lipinski definition) is 1. The fourth-order valence-corrected chi connectivity index (χ4v) is 2.29. The van der Waals surface area contributed by atoms with Crippen LogP contribution in [0.1, 0.15) is 26.0 Å². The number of amides is 1. The van der Waals surface area contributed by atoms with Gasteiger partial charge in [-0.1, -0.05) is 6.07 Å². The van der Waals surface area contributed by atoms with E-state index in [-0.39, 0.29) is 24.4 Å². The van der Waals surface area contributed by atoms with Crippen molar-refractivity contribution in [1.82, 2.24) is 15.2 Å². The Morgan fingerprint density at radius 1 is 1.47 bits per heavy atom. The Labute approximate surface area is 121 Å². The topological polar surface area (TPSA) is 45.2 Å². The summed E-state index contributed by atoms with van der Waals surface area (Å²) in [6.07, 6.45) is 3.05. The quantitative estimate of drug-likeness (QED) is 0.917. The summed E-state index contributed by atoms with van der Waals surface area (Å²) < 4.78 is 0. The van der Waals surface area contributed by atoms with E-state index in [1.165, 1.54) is 0 Å². The summed E-state index contributed by atoms with van der Waals surface area (Å²) in [5, 5.41) is 3.38. The number of carbonyl (C=O) groups excluding carboxylic acids is 1. The third-order valence-corrected chi connectivity index (χ3v) is 3.41. The van der Waals surface area contributed by atoms with Crippen molar-refractivity contribution in [1.29, 1.82) is 0 Å². The Morgan fingerprint density at radius 3 is 2.95 bits per heavy atom. The van der Waals surface area contributed by atoms with Gasteiger partial charge in [0.1, 0.15) is 0 Å². The Balaban J connectivity index is 0.00000180. The van der Waals surface area contributed by atoms with Crippen molar-refractivity contribution >= 4 is 18.3 Å². The van der Waals surface area contributed by atoms with Gasteiger partial charge in [-0.15, -0.1) is 12.4 Å². The average molecular weight is 284 g/mol. The van der Waals surface area contributed by atoms with Crippen LogP contribution in [-0.2, 0) is 11.2 Å². The highest BCUT2D eigenvalue weighted by atomic mass is 35.5. The van der Waals surface area contributed by atoms with E-state index in [2.05, 4.69) is 24.1 Å². The van der Waals surface area contributed by atoms with Crippen molar-refractivity contribution in [3.63, 3.8) is 0 Å². The van der Waals surface area contributed by atoms with Gasteiger partial charge in [0, 0.05) is 43.5 Å². The lowest BCUT2D eigenvalue weighted by atomic mass is 10.1. The first kappa shape index (κ1) is 15.9. The van der Waals surface area contributed by atoms with E-state index in [0.29, 0.717) is 12.5 Å². The van der Waals surface area contributed by atoms with Crippen LogP contribution in [0, 0.1) is 0 Å². The molecule has 1 aliphatic rings. The number of halogens is 1. The van der Waals surface area contributed by atoms with Gasteiger partial charge in [0.2, 0.25) is 5.91 Å². The molecule has 0 bridgehead atoms. The van der Waals surface area contributed by atoms with Crippen molar-refractivity contribution in [3.8, 4) is 0 Å². The third-order valence-electron chi connectivity index (χ3n) is 3.41. The van der Waals surface area contributed by atoms with E-state index in [0.717, 1.165) is 25.2 Å². The van der Waals surface area contributed by atoms with Crippen molar-refractivity contribution < 1.29 is 4.79 Å². The number of hydrogen-bond acceptors (Lipinski definition) is 3. The molecule has 19 heavy (non-hydrogen) atoms. The van der Waals surface area contributed by atoms with Gasteiger partial charge >= 0.3 is 0 Å². The van der Waals surface area contributed by atoms with E-state index in [9.17, 15) is 4.79 Å². The molecule has 0 aromatic carbocycles. The Bertz CT molecular complexity index is 399. The zero-order chi connectivity index (χ0) is 13.0. The summed E-state index contributed by atoms with van der Waals surface area (Å²) in [5.74, 6) is 0.238. The minimum Gasteiger partial charge on any atom is -0.337 e. The average Bonchev–Trinajstić information content (AvgIpc) is 2.40. The number of pyridine rings is 1. The highest BCUT2D eigenvalue weighted by molar-refractivity contribution is 5.85. The third kappa shape index (κ3) is 4.48. The van der Waals surface area contributed by atoms with Crippen LogP contribution >= 0.6 is 12.4 Å². The number of aryl methyl sites for hydroxylation is 1. The minimum absolute atomic E-state index is 0. The molecular formula is C14H22ClN3O. The van der Waals surface area contributed by atoms with E-state index < -0.39 is 0 Å². The van der Waals surface area contributed by atoms with Crippen LogP contribution in [0.3, 0.4) is 0 Å². The number of carbonyl (C=O) groups is 1. The lowest BCUT2D eigenvalue weighted by Crippen LogP contribution is -2.56. The summed E-state index contributed by atoms with van der Waals surface area (Å²) in [4.78, 5) is 18.4. The van der Waals surface area contributed by atoms with E-state index in [4.69, 9.17) is 0 Å². The van der Waals surface area contributed by atoms with Crippen molar-refractivity contribution in [2.75, 3.05) is 13.1 Å². The molecule has 1 saturated heterocycles. The second-order valence-corrected chi connectivity index (χ2v) is 5.03. The first-order valence-corrected chi connectivity index (χ1v) is 6.59. The van der Waals surface area contributed by atoms with Gasteiger partial charge in [-0.2, -0.15) is 0 Å². The molecular weight excluding hydrogens is 262 g/mol. The summed E-state index contributed by atoms with van der Waals surface area (Å²) in [6, 6.07) is 6.50. The predicted octanol–water partition coefficient (Wildman–Crippen LogP) is 1.64. The fraction of sp³-hybridized carbons (Fsp3) is 0.571. The van der Waals surface area contributed by atoms with Crippen molar-refractivity contribution in [3.05, 3.63) is 30.1 Å². The molecule has 1 amide bonds. The largest absolute Gasteiger partial charge is 0.337 e. The molecule has 0 saturated carbocycles. The molecule has 2 atom stereocenters. The smallest absolute Gasteiger partial charge is 0.223 e. The number of nitrogens with one attached hydrogen (secondary N) is 1. The van der Waals surface area contributed by atoms with Gasteiger partial charge in [-0.05, 0) is 32.4 Å². The summed E-state index contributed by atoms with van der Waals surface area (Å²) in [6.45, 7) is 5.90. The monoisotopic (exact) mass is 283 g/mol. The molecule has 106 valence electrons. The highest BCUT2D eigenvalue weighted by Crippen LogP contribution is 2.10. The lowest BCUT2D eigenvalue weighted by molar-refractivity contribution is -0.134. The van der Waals surface area contributed by atoms with Crippen LogP contribution in [-0.4, -0.2) is 41.0 Å². The zero-order valence-corrected chi connectivity index (χ0v) is 12.3. The van der Waals surface area contributed by atoms with Crippen LogP contribution in [0.5, 0.6) is 0 Å². The van der Waals surface area contributed by atoms with Crippen LogP contribution in [0.15, 0.2) is 24.4 Å². The Kier molecular flexibility index (Phi) is 6.25. The molecule has 2 rings (SSSR count). The molecule has 5 heteroatoms. The molecule has 4 nitrogen and oxygen atoms in total. The molecule has 0 spiro atoms. The number of piperazine rings is 1. The maximum atomic E-state index is 12.2. The standard InChI is InChI=1S/C14H21N3O.ClH/c1-11-10-17(12(2)9-16-11)14(18)7-6-13-5-3-4-8-15-13;/h3-5,8,11-12,16H,6-7,9-10H2,1-2H3;1H. The van der Waals surface area contributed by atoms with Crippen LogP contribution in [0.25, 0.3) is 0 Å². The second-order valence-electron chi connectivity index (χ2n) is 5.03. The summed E-state index contributed by atoms with van der Waals surface area (Å²) in [5.41, 5.74) is 0.988. The maximum absolute atomic E-state index is 12.2. The fourth-order valence-electron chi connectivity index (χ4n) is 2.29. The highest BCUT2D eigenvalue weighted by Gasteiger charge is 2.25. The van der Waals surface area contributed by atoms with Gasteiger partial charge in [0.15, 0.2) is 0 Å². The van der Waals surface area contributed by atoms with E-state index >= 15 is 0 Å². The molecule has 1 aromatic heterocycles. The Morgan fingerprint density at radius 2 is 2.26 bits per heavy atom. The van der Waals surface area contributed by atoms with Gasteiger partial charge in [0.25, 0.3) is 0 Å². The maximum Gasteiger partial charge on any atom is 0.223 e. The number of nitrogens with zero attached hydrogens (tertiary/aromatic N) is 2. The van der Waals surface area contributed by atoms with E-state index in [1.54, 1.807) is 6.20 Å². The van der Waals surface area contributed by atoms with Gasteiger partial charge < -0.3 is 10.2 Å². The predicted molar refractivity (Wildman–Crippen MR) is 78.4 cm³/mol. The van der Waals surface area contributed by atoms with Crippen LogP contribution < -0.4 is 5.32 Å². The molecule has 1 aromatic rings. The molecule has 2 unspecified atom stereocenters. The van der Waals surface area contributed by atoms with Crippen LogP contribution in [0.4, 0.5) is 0 Å². The first-order chi connectivity index (χ1) is 8.66. The normalized spacial score (nSPS) is 22.7. The molecule has 0 radical (unpaired) electrons. The first-order valence-electron chi connectivity index (χ1n) is 6.59. The second kappa shape index (κ2) is 7.46. The number of aromatic nitrogens is 1.